The van der Waals surface area contributed by atoms with E-state index in [0.717, 1.165) is 5.56 Å². The smallest absolute Gasteiger partial charge is 0.200 e. The van der Waals surface area contributed by atoms with E-state index in [0.29, 0.717) is 28.0 Å². The van der Waals surface area contributed by atoms with Gasteiger partial charge in [-0.3, -0.25) is 4.79 Å². The van der Waals surface area contributed by atoms with Crippen molar-refractivity contribution < 1.29 is 9.15 Å². The van der Waals surface area contributed by atoms with Gasteiger partial charge in [-0.2, -0.15) is 5.26 Å². The van der Waals surface area contributed by atoms with Gasteiger partial charge in [-0.05, 0) is 24.6 Å². The minimum absolute atomic E-state index is 0.0448. The van der Waals surface area contributed by atoms with Crippen molar-refractivity contribution in [3.8, 4) is 22.9 Å². The maximum Gasteiger partial charge on any atom is 0.200 e. The molecule has 0 saturated carbocycles. The molecular formula is C18H13NO3. The van der Waals surface area contributed by atoms with Crippen LogP contribution in [0.15, 0.2) is 57.7 Å². The van der Waals surface area contributed by atoms with Crippen molar-refractivity contribution >= 4 is 11.0 Å². The second-order valence-corrected chi connectivity index (χ2v) is 4.83. The first-order chi connectivity index (χ1) is 10.7. The molecule has 0 N–H and O–H groups in total. The molecule has 4 nitrogen and oxygen atoms in total. The molecule has 0 aliphatic heterocycles. The molecule has 2 aromatic carbocycles. The molecular weight excluding hydrogens is 278 g/mol. The molecule has 0 unspecified atom stereocenters. The summed E-state index contributed by atoms with van der Waals surface area (Å²) in [6, 6.07) is 16.3. The van der Waals surface area contributed by atoms with Gasteiger partial charge in [0.05, 0.1) is 10.9 Å². The Kier molecular flexibility index (Phi) is 3.63. The number of nitriles is 1. The predicted molar refractivity (Wildman–Crippen MR) is 83.8 cm³/mol. The molecule has 0 aliphatic rings. The van der Waals surface area contributed by atoms with Crippen LogP contribution in [0.5, 0.6) is 5.75 Å². The Bertz CT molecular complexity index is 921. The fraction of sp³-hybridized carbons (Fsp3) is 0.111. The molecule has 0 atom stereocenters. The summed E-state index contributed by atoms with van der Waals surface area (Å²) in [4.78, 5) is 12.7. The van der Waals surface area contributed by atoms with Gasteiger partial charge in [0, 0.05) is 6.07 Å². The van der Waals surface area contributed by atoms with Gasteiger partial charge in [-0.15, -0.1) is 0 Å². The lowest BCUT2D eigenvalue weighted by Gasteiger charge is -2.08. The van der Waals surface area contributed by atoms with Crippen LogP contribution in [0.2, 0.25) is 0 Å². The molecule has 0 saturated heterocycles. The third-order valence-corrected chi connectivity index (χ3v) is 3.41. The van der Waals surface area contributed by atoms with Crippen LogP contribution in [0, 0.1) is 18.3 Å². The Hall–Kier alpha value is -3.06. The number of hydrogen-bond acceptors (Lipinski definition) is 4. The Morgan fingerprint density at radius 2 is 1.95 bits per heavy atom. The highest BCUT2D eigenvalue weighted by molar-refractivity contribution is 5.83. The van der Waals surface area contributed by atoms with E-state index in [1.807, 2.05) is 36.4 Å². The predicted octanol–water partition coefficient (Wildman–Crippen LogP) is 3.67. The largest absolute Gasteiger partial charge is 0.479 e. The first-order valence-corrected chi connectivity index (χ1v) is 6.83. The van der Waals surface area contributed by atoms with E-state index in [1.54, 1.807) is 25.1 Å². The molecule has 22 heavy (non-hydrogen) atoms. The van der Waals surface area contributed by atoms with Crippen molar-refractivity contribution in [3.63, 3.8) is 0 Å². The van der Waals surface area contributed by atoms with E-state index >= 15 is 0 Å². The number of aryl methyl sites for hydroxylation is 1. The fourth-order valence-corrected chi connectivity index (χ4v) is 2.43. The molecule has 3 rings (SSSR count). The van der Waals surface area contributed by atoms with Crippen LogP contribution in [0.25, 0.3) is 22.1 Å². The van der Waals surface area contributed by atoms with Gasteiger partial charge in [-0.1, -0.05) is 30.3 Å². The van der Waals surface area contributed by atoms with Crippen LogP contribution in [-0.2, 0) is 0 Å². The van der Waals surface area contributed by atoms with Gasteiger partial charge < -0.3 is 9.15 Å². The minimum atomic E-state index is -0.0724. The monoisotopic (exact) mass is 291 g/mol. The summed E-state index contributed by atoms with van der Waals surface area (Å²) in [5.74, 6) is 1.06. The molecule has 3 aromatic rings. The lowest BCUT2D eigenvalue weighted by molar-refractivity contribution is 0.368. The topological polar surface area (TPSA) is 63.2 Å². The van der Waals surface area contributed by atoms with Crippen molar-refractivity contribution in [3.05, 3.63) is 64.5 Å². The Morgan fingerprint density at radius 1 is 1.18 bits per heavy atom. The summed E-state index contributed by atoms with van der Waals surface area (Å²) < 4.78 is 11.0. The van der Waals surface area contributed by atoms with Gasteiger partial charge in [0.25, 0.3) is 0 Å². The zero-order valence-electron chi connectivity index (χ0n) is 12.0. The molecule has 108 valence electrons. The summed E-state index contributed by atoms with van der Waals surface area (Å²) >= 11 is 0. The van der Waals surface area contributed by atoms with Crippen molar-refractivity contribution in [1.29, 1.82) is 5.26 Å². The van der Waals surface area contributed by atoms with Gasteiger partial charge in [-0.25, -0.2) is 0 Å². The van der Waals surface area contributed by atoms with Crippen LogP contribution in [0.4, 0.5) is 0 Å². The maximum absolute atomic E-state index is 12.7. The normalized spacial score (nSPS) is 10.4. The Morgan fingerprint density at radius 3 is 2.68 bits per heavy atom. The number of fused-ring (bicyclic) bond motifs is 1. The van der Waals surface area contributed by atoms with Crippen LogP contribution < -0.4 is 10.2 Å². The quantitative estimate of drug-likeness (QED) is 0.738. The molecule has 1 aromatic heterocycles. The second-order valence-electron chi connectivity index (χ2n) is 4.83. The van der Waals surface area contributed by atoms with Gasteiger partial charge in [0.15, 0.2) is 6.61 Å². The highest BCUT2D eigenvalue weighted by Crippen LogP contribution is 2.26. The lowest BCUT2D eigenvalue weighted by atomic mass is 10.0. The highest BCUT2D eigenvalue weighted by atomic mass is 16.5. The van der Waals surface area contributed by atoms with Gasteiger partial charge >= 0.3 is 0 Å². The first-order valence-electron chi connectivity index (χ1n) is 6.83. The molecule has 0 amide bonds. The standard InChI is InChI=1S/C18H13NO3/c1-12-17(13-5-3-2-4-6-13)18(20)15-8-7-14(21-10-9-19)11-16(15)22-12/h2-8,11H,10H2,1H3. The van der Waals surface area contributed by atoms with Crippen molar-refractivity contribution in [2.45, 2.75) is 6.92 Å². The number of nitrogens with zero attached hydrogens (tertiary/aromatic N) is 1. The lowest BCUT2D eigenvalue weighted by Crippen LogP contribution is -2.07. The van der Waals surface area contributed by atoms with Crippen molar-refractivity contribution in [1.82, 2.24) is 0 Å². The van der Waals surface area contributed by atoms with Crippen LogP contribution in [0.3, 0.4) is 0 Å². The molecule has 0 fully saturated rings. The molecule has 0 bridgehead atoms. The van der Waals surface area contributed by atoms with Gasteiger partial charge in [0.2, 0.25) is 5.43 Å². The second kappa shape index (κ2) is 5.74. The minimum Gasteiger partial charge on any atom is -0.479 e. The molecule has 0 aliphatic carbocycles. The summed E-state index contributed by atoms with van der Waals surface area (Å²) in [6.07, 6.45) is 0. The summed E-state index contributed by atoms with van der Waals surface area (Å²) in [5, 5.41) is 9.04. The highest BCUT2D eigenvalue weighted by Gasteiger charge is 2.13. The van der Waals surface area contributed by atoms with Crippen molar-refractivity contribution in [2.24, 2.45) is 0 Å². The SMILES string of the molecule is Cc1oc2cc(OCC#N)ccc2c(=O)c1-c1ccccc1. The van der Waals surface area contributed by atoms with E-state index in [4.69, 9.17) is 14.4 Å². The van der Waals surface area contributed by atoms with E-state index in [-0.39, 0.29) is 12.0 Å². The third-order valence-electron chi connectivity index (χ3n) is 3.41. The van der Waals surface area contributed by atoms with Crippen LogP contribution in [-0.4, -0.2) is 6.61 Å². The van der Waals surface area contributed by atoms with E-state index in [1.165, 1.54) is 0 Å². The number of ether oxygens (including phenoxy) is 1. The number of rotatable bonds is 3. The Balaban J connectivity index is 2.18. The van der Waals surface area contributed by atoms with Crippen LogP contribution in [0.1, 0.15) is 5.76 Å². The van der Waals surface area contributed by atoms with E-state index < -0.39 is 0 Å². The molecule has 4 heteroatoms. The molecule has 1 heterocycles. The fourth-order valence-electron chi connectivity index (χ4n) is 2.43. The van der Waals surface area contributed by atoms with E-state index in [9.17, 15) is 4.79 Å². The van der Waals surface area contributed by atoms with Crippen LogP contribution >= 0.6 is 0 Å². The van der Waals surface area contributed by atoms with Gasteiger partial charge in [0.1, 0.15) is 23.2 Å². The van der Waals surface area contributed by atoms with Crippen molar-refractivity contribution in [2.75, 3.05) is 6.61 Å². The number of hydrogen-bond donors (Lipinski definition) is 0. The average molecular weight is 291 g/mol. The van der Waals surface area contributed by atoms with E-state index in [2.05, 4.69) is 0 Å². The summed E-state index contributed by atoms with van der Waals surface area (Å²) in [7, 11) is 0. The third kappa shape index (κ3) is 2.45. The Labute approximate surface area is 127 Å². The average Bonchev–Trinajstić information content (AvgIpc) is 2.53. The summed E-state index contributed by atoms with van der Waals surface area (Å²) in [6.45, 7) is 1.73. The summed E-state index contributed by atoms with van der Waals surface area (Å²) in [5.41, 5.74) is 1.79. The zero-order chi connectivity index (χ0) is 15.5. The zero-order valence-corrected chi connectivity index (χ0v) is 12.0. The first kappa shape index (κ1) is 13.9. The maximum atomic E-state index is 12.7. The number of benzene rings is 2. The molecule has 0 spiro atoms. The molecule has 0 radical (unpaired) electrons.